The standard InChI is InChI=1S/C23H24Cl2N6O/c1-2-3-5-15-12-20(29-23(32)28-19-7-4-6-18(24)21(19)25)31(30-15)16-9-8-14-10-11-27-22(26)17(14)13-16/h4,6-9,12-13H,2-3,5,10-11H2,1H3,(H2,26,27)(H2,28,29,32). The number of hydrogen-bond acceptors (Lipinski definition) is 4. The zero-order chi connectivity index (χ0) is 22.7. The Hall–Kier alpha value is -3.03. The van der Waals surface area contributed by atoms with Gasteiger partial charge in [-0.2, -0.15) is 5.10 Å². The van der Waals surface area contributed by atoms with Crippen LogP contribution in [0.15, 0.2) is 47.5 Å². The monoisotopic (exact) mass is 470 g/mol. The van der Waals surface area contributed by atoms with Crippen LogP contribution in [0.5, 0.6) is 0 Å². The molecule has 0 aliphatic carbocycles. The van der Waals surface area contributed by atoms with Gasteiger partial charge in [-0.15, -0.1) is 0 Å². The summed E-state index contributed by atoms with van der Waals surface area (Å²) < 4.78 is 1.71. The van der Waals surface area contributed by atoms with E-state index in [-0.39, 0.29) is 5.02 Å². The number of rotatable bonds is 6. The number of aryl methyl sites for hydroxylation is 1. The number of benzene rings is 2. The molecule has 0 saturated heterocycles. The molecule has 1 aliphatic heterocycles. The second-order valence-electron chi connectivity index (χ2n) is 7.58. The molecule has 0 atom stereocenters. The maximum atomic E-state index is 12.7. The van der Waals surface area contributed by atoms with E-state index in [1.54, 1.807) is 22.9 Å². The average molecular weight is 471 g/mol. The molecule has 4 rings (SSSR count). The first-order valence-corrected chi connectivity index (χ1v) is 11.3. The Morgan fingerprint density at radius 2 is 2.03 bits per heavy atom. The SMILES string of the molecule is CCCCc1cc(NC(=O)Nc2cccc(Cl)c2Cl)n(-c2ccc3c(c2)C(N)=NCC3)n1. The Labute approximate surface area is 196 Å². The number of carbonyl (C=O) groups excluding carboxylic acids is 1. The Balaban J connectivity index is 1.64. The maximum absolute atomic E-state index is 12.7. The van der Waals surface area contributed by atoms with Crippen LogP contribution in [-0.4, -0.2) is 28.2 Å². The Morgan fingerprint density at radius 3 is 2.84 bits per heavy atom. The summed E-state index contributed by atoms with van der Waals surface area (Å²) in [7, 11) is 0. The molecule has 0 radical (unpaired) electrons. The van der Waals surface area contributed by atoms with Crippen LogP contribution in [0.1, 0.15) is 36.6 Å². The number of amidine groups is 1. The highest BCUT2D eigenvalue weighted by Crippen LogP contribution is 2.30. The molecule has 3 aromatic rings. The van der Waals surface area contributed by atoms with Gasteiger partial charge in [0.2, 0.25) is 0 Å². The van der Waals surface area contributed by atoms with Gasteiger partial charge in [-0.05, 0) is 49.1 Å². The molecule has 1 aromatic heterocycles. The highest BCUT2D eigenvalue weighted by Gasteiger charge is 2.17. The number of hydrogen-bond donors (Lipinski definition) is 3. The van der Waals surface area contributed by atoms with Crippen molar-refractivity contribution in [3.05, 3.63) is 69.3 Å². The molecule has 2 aromatic carbocycles. The van der Waals surface area contributed by atoms with Gasteiger partial charge >= 0.3 is 6.03 Å². The van der Waals surface area contributed by atoms with Gasteiger partial charge in [-0.3, -0.25) is 10.3 Å². The van der Waals surface area contributed by atoms with Crippen LogP contribution in [0.2, 0.25) is 10.0 Å². The minimum atomic E-state index is -0.448. The molecule has 7 nitrogen and oxygen atoms in total. The number of fused-ring (bicyclic) bond motifs is 1. The number of aliphatic imine (C=N–C) groups is 1. The van der Waals surface area contributed by atoms with E-state index in [9.17, 15) is 4.79 Å². The van der Waals surface area contributed by atoms with Gasteiger partial charge in [0, 0.05) is 18.2 Å². The second kappa shape index (κ2) is 9.63. The summed E-state index contributed by atoms with van der Waals surface area (Å²) in [5.74, 6) is 1.06. The third kappa shape index (κ3) is 4.74. The number of halogens is 2. The van der Waals surface area contributed by atoms with E-state index in [1.807, 2.05) is 24.3 Å². The molecular weight excluding hydrogens is 447 g/mol. The van der Waals surface area contributed by atoms with Gasteiger partial charge in [0.15, 0.2) is 0 Å². The van der Waals surface area contributed by atoms with Gasteiger partial charge in [0.1, 0.15) is 11.7 Å². The fraction of sp³-hybridized carbons (Fsp3) is 0.261. The number of urea groups is 1. The zero-order valence-electron chi connectivity index (χ0n) is 17.7. The summed E-state index contributed by atoms with van der Waals surface area (Å²) in [6.07, 6.45) is 3.72. The van der Waals surface area contributed by atoms with Crippen molar-refractivity contribution in [3.63, 3.8) is 0 Å². The molecular formula is C23H24Cl2N6O. The van der Waals surface area contributed by atoms with Crippen LogP contribution in [0, 0.1) is 0 Å². The molecule has 166 valence electrons. The van der Waals surface area contributed by atoms with Crippen molar-refractivity contribution < 1.29 is 4.79 Å². The smallest absolute Gasteiger partial charge is 0.324 e. The van der Waals surface area contributed by atoms with E-state index >= 15 is 0 Å². The van der Waals surface area contributed by atoms with Crippen LogP contribution >= 0.6 is 23.2 Å². The molecule has 4 N–H and O–H groups in total. The van der Waals surface area contributed by atoms with Crippen LogP contribution in [-0.2, 0) is 12.8 Å². The number of nitrogens with two attached hydrogens (primary N) is 1. The summed E-state index contributed by atoms with van der Waals surface area (Å²) >= 11 is 12.2. The summed E-state index contributed by atoms with van der Waals surface area (Å²) in [6, 6.07) is 12.5. The quantitative estimate of drug-likeness (QED) is 0.447. The van der Waals surface area contributed by atoms with Crippen LogP contribution < -0.4 is 16.4 Å². The molecule has 0 spiro atoms. The lowest BCUT2D eigenvalue weighted by Crippen LogP contribution is -2.23. The number of carbonyl (C=O) groups is 1. The minimum Gasteiger partial charge on any atom is -0.383 e. The molecule has 0 unspecified atom stereocenters. The van der Waals surface area contributed by atoms with Crippen molar-refractivity contribution in [1.82, 2.24) is 9.78 Å². The molecule has 2 heterocycles. The van der Waals surface area contributed by atoms with E-state index in [0.717, 1.165) is 48.2 Å². The Morgan fingerprint density at radius 1 is 1.19 bits per heavy atom. The number of nitrogens with one attached hydrogen (secondary N) is 2. The van der Waals surface area contributed by atoms with E-state index in [1.165, 1.54) is 0 Å². The lowest BCUT2D eigenvalue weighted by molar-refractivity contribution is 0.262. The second-order valence-corrected chi connectivity index (χ2v) is 8.36. The van der Waals surface area contributed by atoms with E-state index < -0.39 is 6.03 Å². The van der Waals surface area contributed by atoms with Crippen LogP contribution in [0.25, 0.3) is 5.69 Å². The predicted molar refractivity (Wildman–Crippen MR) is 131 cm³/mol. The van der Waals surface area contributed by atoms with E-state index in [2.05, 4.69) is 22.5 Å². The predicted octanol–water partition coefficient (Wildman–Crippen LogP) is 5.43. The first-order valence-electron chi connectivity index (χ1n) is 10.5. The molecule has 0 fully saturated rings. The first-order chi connectivity index (χ1) is 15.5. The van der Waals surface area contributed by atoms with Gasteiger partial charge < -0.3 is 11.1 Å². The molecule has 0 saturated carbocycles. The van der Waals surface area contributed by atoms with Crippen LogP contribution in [0.4, 0.5) is 16.3 Å². The molecule has 9 heteroatoms. The normalized spacial score (nSPS) is 12.8. The number of amides is 2. The molecule has 0 bridgehead atoms. The highest BCUT2D eigenvalue weighted by molar-refractivity contribution is 6.44. The van der Waals surface area contributed by atoms with Gasteiger partial charge in [0.25, 0.3) is 0 Å². The highest BCUT2D eigenvalue weighted by atomic mass is 35.5. The maximum Gasteiger partial charge on any atom is 0.324 e. The number of nitrogens with zero attached hydrogens (tertiary/aromatic N) is 3. The fourth-order valence-corrected chi connectivity index (χ4v) is 3.95. The zero-order valence-corrected chi connectivity index (χ0v) is 19.2. The van der Waals surface area contributed by atoms with Crippen molar-refractivity contribution in [1.29, 1.82) is 0 Å². The summed E-state index contributed by atoms with van der Waals surface area (Å²) in [5, 5.41) is 11.0. The summed E-state index contributed by atoms with van der Waals surface area (Å²) in [6.45, 7) is 2.82. The van der Waals surface area contributed by atoms with Crippen LogP contribution in [0.3, 0.4) is 0 Å². The fourth-order valence-electron chi connectivity index (χ4n) is 3.60. The molecule has 2 amide bonds. The van der Waals surface area contributed by atoms with Gasteiger partial charge in [-0.25, -0.2) is 9.48 Å². The van der Waals surface area contributed by atoms with Gasteiger partial charge in [0.05, 0.1) is 27.1 Å². The summed E-state index contributed by atoms with van der Waals surface area (Å²) in [5.41, 5.74) is 10.3. The van der Waals surface area contributed by atoms with Crippen molar-refractivity contribution in [2.24, 2.45) is 10.7 Å². The van der Waals surface area contributed by atoms with Crippen molar-refractivity contribution >= 4 is 46.6 Å². The minimum absolute atomic E-state index is 0.283. The third-order valence-corrected chi connectivity index (χ3v) is 6.08. The average Bonchev–Trinajstić information content (AvgIpc) is 3.18. The van der Waals surface area contributed by atoms with Gasteiger partial charge in [-0.1, -0.05) is 48.7 Å². The number of unbranched alkanes of at least 4 members (excludes halogenated alkanes) is 1. The van der Waals surface area contributed by atoms with Crippen molar-refractivity contribution in [2.45, 2.75) is 32.6 Å². The van der Waals surface area contributed by atoms with E-state index in [4.69, 9.17) is 34.0 Å². The Bertz CT molecular complexity index is 1190. The molecule has 1 aliphatic rings. The lowest BCUT2D eigenvalue weighted by Gasteiger charge is -2.16. The van der Waals surface area contributed by atoms with E-state index in [0.29, 0.717) is 28.9 Å². The van der Waals surface area contributed by atoms with Crippen molar-refractivity contribution in [2.75, 3.05) is 17.2 Å². The Kier molecular flexibility index (Phi) is 6.67. The van der Waals surface area contributed by atoms with Crippen molar-refractivity contribution in [3.8, 4) is 5.69 Å². The largest absolute Gasteiger partial charge is 0.383 e. The number of anilines is 2. The lowest BCUT2D eigenvalue weighted by atomic mass is 10.0. The molecule has 32 heavy (non-hydrogen) atoms. The summed E-state index contributed by atoms with van der Waals surface area (Å²) in [4.78, 5) is 17.1. The topological polar surface area (TPSA) is 97.3 Å². The number of aromatic nitrogens is 2. The third-order valence-electron chi connectivity index (χ3n) is 5.27. The first kappa shape index (κ1) is 22.2.